The molecule has 0 spiro atoms. The maximum atomic E-state index is 11.9. The predicted molar refractivity (Wildman–Crippen MR) is 122 cm³/mol. The first kappa shape index (κ1) is 24.5. The number of hydrogen-bond acceptors (Lipinski definition) is 6. The van der Waals surface area contributed by atoms with Gasteiger partial charge in [0.25, 0.3) is 5.91 Å². The highest BCUT2D eigenvalue weighted by atomic mass is 35.5. The first-order valence-electron chi connectivity index (χ1n) is 9.10. The van der Waals surface area contributed by atoms with Crippen molar-refractivity contribution >= 4 is 52.3 Å². The van der Waals surface area contributed by atoms with Crippen LogP contribution in [0.4, 0.5) is 0 Å². The quantitative estimate of drug-likeness (QED) is 0.284. The molecular weight excluding hydrogens is 465 g/mol. The molecule has 0 saturated heterocycles. The molecule has 166 valence electrons. The third-order valence-corrected chi connectivity index (χ3v) is 4.43. The van der Waals surface area contributed by atoms with E-state index >= 15 is 0 Å². The Labute approximate surface area is 195 Å². The Morgan fingerprint density at radius 1 is 0.968 bits per heavy atom. The SMILES string of the molecule is COc1ccc(OCC(=O)NC(=S)NNC(=O)CCCOc2ccc(Cl)cc2Cl)cc1. The van der Waals surface area contributed by atoms with Gasteiger partial charge in [-0.2, -0.15) is 0 Å². The minimum absolute atomic E-state index is 0.0547. The summed E-state index contributed by atoms with van der Waals surface area (Å²) in [6.45, 7) is 0.0470. The van der Waals surface area contributed by atoms with Crippen molar-refractivity contribution in [3.05, 3.63) is 52.5 Å². The largest absolute Gasteiger partial charge is 0.497 e. The summed E-state index contributed by atoms with van der Waals surface area (Å²) in [5.41, 5.74) is 4.84. The van der Waals surface area contributed by atoms with E-state index in [1.807, 2.05) is 0 Å². The van der Waals surface area contributed by atoms with Gasteiger partial charge in [0.1, 0.15) is 17.2 Å². The molecule has 0 aromatic heterocycles. The van der Waals surface area contributed by atoms with Crippen LogP contribution in [0.2, 0.25) is 10.0 Å². The van der Waals surface area contributed by atoms with Gasteiger partial charge in [0.05, 0.1) is 18.7 Å². The lowest BCUT2D eigenvalue weighted by atomic mass is 10.3. The van der Waals surface area contributed by atoms with Crippen LogP contribution >= 0.6 is 35.4 Å². The van der Waals surface area contributed by atoms with Gasteiger partial charge in [0.15, 0.2) is 11.7 Å². The first-order valence-corrected chi connectivity index (χ1v) is 10.3. The Morgan fingerprint density at radius 2 is 1.68 bits per heavy atom. The molecule has 2 amide bonds. The molecule has 2 aromatic rings. The smallest absolute Gasteiger partial charge is 0.264 e. The van der Waals surface area contributed by atoms with Gasteiger partial charge in [-0.3, -0.25) is 25.8 Å². The molecule has 31 heavy (non-hydrogen) atoms. The maximum Gasteiger partial charge on any atom is 0.264 e. The third-order valence-electron chi connectivity index (χ3n) is 3.70. The van der Waals surface area contributed by atoms with Gasteiger partial charge >= 0.3 is 0 Å². The molecule has 0 radical (unpaired) electrons. The number of thiocarbonyl (C=S) groups is 1. The monoisotopic (exact) mass is 485 g/mol. The van der Waals surface area contributed by atoms with E-state index < -0.39 is 5.91 Å². The van der Waals surface area contributed by atoms with Crippen LogP contribution in [-0.4, -0.2) is 37.3 Å². The van der Waals surface area contributed by atoms with E-state index in [1.54, 1.807) is 49.6 Å². The predicted octanol–water partition coefficient (Wildman–Crippen LogP) is 3.26. The van der Waals surface area contributed by atoms with Crippen molar-refractivity contribution in [2.45, 2.75) is 12.8 Å². The topological polar surface area (TPSA) is 97.9 Å². The van der Waals surface area contributed by atoms with Crippen molar-refractivity contribution in [3.8, 4) is 17.2 Å². The lowest BCUT2D eigenvalue weighted by molar-refractivity contribution is -0.123. The lowest BCUT2D eigenvalue weighted by Gasteiger charge is -2.12. The van der Waals surface area contributed by atoms with Crippen molar-refractivity contribution in [1.29, 1.82) is 0 Å². The van der Waals surface area contributed by atoms with Crippen LogP contribution in [0.5, 0.6) is 17.2 Å². The third kappa shape index (κ3) is 9.29. The van der Waals surface area contributed by atoms with E-state index in [4.69, 9.17) is 49.6 Å². The van der Waals surface area contributed by atoms with Crippen molar-refractivity contribution in [2.24, 2.45) is 0 Å². The number of methoxy groups -OCH3 is 1. The molecule has 0 unspecified atom stereocenters. The van der Waals surface area contributed by atoms with Crippen molar-refractivity contribution in [2.75, 3.05) is 20.3 Å². The Hall–Kier alpha value is -2.75. The zero-order valence-electron chi connectivity index (χ0n) is 16.6. The molecule has 2 aromatic carbocycles. The molecule has 0 bridgehead atoms. The molecule has 0 atom stereocenters. The summed E-state index contributed by atoms with van der Waals surface area (Å²) in [5.74, 6) is 0.876. The van der Waals surface area contributed by atoms with Gasteiger partial charge in [-0.05, 0) is 61.1 Å². The Morgan fingerprint density at radius 3 is 2.35 bits per heavy atom. The summed E-state index contributed by atoms with van der Waals surface area (Å²) in [4.78, 5) is 23.7. The van der Waals surface area contributed by atoms with Crippen LogP contribution < -0.4 is 30.4 Å². The first-order chi connectivity index (χ1) is 14.9. The highest BCUT2D eigenvalue weighted by Gasteiger charge is 2.08. The standard InChI is InChI=1S/C20H21Cl2N3O5S/c1-28-14-5-7-15(8-6-14)30-12-19(27)23-20(31)25-24-18(26)3-2-10-29-17-9-4-13(21)11-16(17)22/h4-9,11H,2-3,10,12H2,1H3,(H,24,26)(H2,23,25,27,31). The highest BCUT2D eigenvalue weighted by molar-refractivity contribution is 7.80. The Balaban J connectivity index is 1.58. The fourth-order valence-corrected chi connectivity index (χ4v) is 2.84. The molecule has 0 aliphatic carbocycles. The van der Waals surface area contributed by atoms with Crippen LogP contribution in [0.25, 0.3) is 0 Å². The van der Waals surface area contributed by atoms with E-state index in [-0.39, 0.29) is 24.0 Å². The molecule has 0 aliphatic rings. The molecule has 11 heteroatoms. The van der Waals surface area contributed by atoms with Crippen LogP contribution in [0.1, 0.15) is 12.8 Å². The summed E-state index contributed by atoms with van der Waals surface area (Å²) in [7, 11) is 1.56. The van der Waals surface area contributed by atoms with Crippen LogP contribution in [0, 0.1) is 0 Å². The van der Waals surface area contributed by atoms with E-state index in [0.29, 0.717) is 40.3 Å². The number of hydrazine groups is 1. The summed E-state index contributed by atoms with van der Waals surface area (Å²) in [6.07, 6.45) is 0.622. The minimum atomic E-state index is -0.476. The molecule has 3 N–H and O–H groups in total. The number of ether oxygens (including phenoxy) is 3. The average Bonchev–Trinajstić information content (AvgIpc) is 2.75. The van der Waals surface area contributed by atoms with Gasteiger partial charge in [-0.25, -0.2) is 0 Å². The molecule has 2 rings (SSSR count). The molecule has 0 aliphatic heterocycles. The molecular formula is C20H21Cl2N3O5S. The fourth-order valence-electron chi connectivity index (χ4n) is 2.21. The zero-order chi connectivity index (χ0) is 22.6. The number of halogens is 2. The number of nitrogens with one attached hydrogen (secondary N) is 3. The molecule has 0 heterocycles. The van der Waals surface area contributed by atoms with Crippen molar-refractivity contribution in [1.82, 2.24) is 16.2 Å². The fraction of sp³-hybridized carbons (Fsp3) is 0.250. The van der Waals surface area contributed by atoms with Crippen molar-refractivity contribution in [3.63, 3.8) is 0 Å². The molecule has 8 nitrogen and oxygen atoms in total. The van der Waals surface area contributed by atoms with Crippen molar-refractivity contribution < 1.29 is 23.8 Å². The lowest BCUT2D eigenvalue weighted by Crippen LogP contribution is -2.49. The summed E-state index contributed by atoms with van der Waals surface area (Å²) in [5, 5.41) is 3.25. The van der Waals surface area contributed by atoms with Crippen LogP contribution in [0.15, 0.2) is 42.5 Å². The Kier molecular flexibility index (Phi) is 10.2. The molecule has 0 saturated carbocycles. The van der Waals surface area contributed by atoms with Gasteiger partial charge in [-0.15, -0.1) is 0 Å². The number of hydrogen-bond donors (Lipinski definition) is 3. The average molecular weight is 486 g/mol. The molecule has 0 fully saturated rings. The maximum absolute atomic E-state index is 11.9. The van der Waals surface area contributed by atoms with E-state index in [9.17, 15) is 9.59 Å². The normalized spacial score (nSPS) is 10.0. The van der Waals surface area contributed by atoms with Gasteiger partial charge in [0, 0.05) is 11.4 Å². The second-order valence-corrected chi connectivity index (χ2v) is 7.29. The number of benzene rings is 2. The van der Waals surface area contributed by atoms with E-state index in [2.05, 4.69) is 16.2 Å². The summed E-state index contributed by atoms with van der Waals surface area (Å²) in [6, 6.07) is 11.7. The number of rotatable bonds is 9. The zero-order valence-corrected chi connectivity index (χ0v) is 18.9. The minimum Gasteiger partial charge on any atom is -0.497 e. The van der Waals surface area contributed by atoms with E-state index in [0.717, 1.165) is 0 Å². The Bertz CT molecular complexity index is 912. The second kappa shape index (κ2) is 12.8. The second-order valence-electron chi connectivity index (χ2n) is 6.04. The van der Waals surface area contributed by atoms with Gasteiger partial charge in [0.2, 0.25) is 5.91 Å². The number of amides is 2. The number of carbonyl (C=O) groups excluding carboxylic acids is 2. The van der Waals surface area contributed by atoms with Gasteiger partial charge < -0.3 is 14.2 Å². The van der Waals surface area contributed by atoms with E-state index in [1.165, 1.54) is 0 Å². The summed E-state index contributed by atoms with van der Waals surface area (Å²) < 4.78 is 15.9. The number of carbonyl (C=O) groups is 2. The highest BCUT2D eigenvalue weighted by Crippen LogP contribution is 2.27. The van der Waals surface area contributed by atoms with Gasteiger partial charge in [-0.1, -0.05) is 23.2 Å². The van der Waals surface area contributed by atoms with Crippen LogP contribution in [0.3, 0.4) is 0 Å². The summed E-state index contributed by atoms with van der Waals surface area (Å²) >= 11 is 16.8. The van der Waals surface area contributed by atoms with Crippen LogP contribution in [-0.2, 0) is 9.59 Å².